The first-order valence-electron chi connectivity index (χ1n) is 7.76. The van der Waals surface area contributed by atoms with E-state index in [9.17, 15) is 13.6 Å². The minimum atomic E-state index is -1.10. The number of carbonyl (C=O) groups excluding carboxylic acids is 1. The molecule has 1 amide bonds. The van der Waals surface area contributed by atoms with E-state index < -0.39 is 23.1 Å². The van der Waals surface area contributed by atoms with Crippen LogP contribution in [0.1, 0.15) is 15.4 Å². The molecule has 27 heavy (non-hydrogen) atoms. The zero-order chi connectivity index (χ0) is 19.6. The Kier molecular flexibility index (Phi) is 5.67. The van der Waals surface area contributed by atoms with Gasteiger partial charge in [-0.15, -0.1) is 11.3 Å². The summed E-state index contributed by atoms with van der Waals surface area (Å²) in [5, 5.41) is 1.15. The average Bonchev–Trinajstić information content (AvgIpc) is 3.01. The molecule has 0 radical (unpaired) electrons. The lowest BCUT2D eigenvalue weighted by Gasteiger charge is -2.09. The molecular weight excluding hydrogens is 396 g/mol. The van der Waals surface area contributed by atoms with E-state index in [0.717, 1.165) is 16.8 Å². The topological polar surface area (TPSA) is 54.8 Å². The number of amides is 1. The van der Waals surface area contributed by atoms with E-state index in [4.69, 9.17) is 16.3 Å². The van der Waals surface area contributed by atoms with Crippen molar-refractivity contribution in [1.29, 1.82) is 0 Å². The van der Waals surface area contributed by atoms with Gasteiger partial charge >= 0.3 is 0 Å². The highest BCUT2D eigenvalue weighted by molar-refractivity contribution is 7.18. The van der Waals surface area contributed by atoms with Crippen molar-refractivity contribution in [2.75, 3.05) is 14.1 Å². The van der Waals surface area contributed by atoms with Crippen LogP contribution in [0, 0.1) is 11.6 Å². The molecule has 0 atom stereocenters. The monoisotopic (exact) mass is 409 g/mol. The molecule has 3 aromatic rings. The summed E-state index contributed by atoms with van der Waals surface area (Å²) in [7, 11) is 3.27. The van der Waals surface area contributed by atoms with Gasteiger partial charge in [0.2, 0.25) is 0 Å². The number of benzene rings is 2. The van der Waals surface area contributed by atoms with E-state index in [0.29, 0.717) is 15.5 Å². The molecule has 2 aromatic carbocycles. The van der Waals surface area contributed by atoms with E-state index in [1.807, 2.05) is 6.07 Å². The van der Waals surface area contributed by atoms with Gasteiger partial charge in [-0.1, -0.05) is 11.6 Å². The molecule has 9 heteroatoms. The fraction of sp³-hybridized carbons (Fsp3) is 0.167. The molecule has 0 N–H and O–H groups in total. The molecule has 0 saturated carbocycles. The molecule has 5 nitrogen and oxygen atoms in total. The van der Waals surface area contributed by atoms with Gasteiger partial charge in [-0.05, 0) is 30.3 Å². The van der Waals surface area contributed by atoms with Gasteiger partial charge in [-0.25, -0.2) is 13.8 Å². The lowest BCUT2D eigenvalue weighted by Crippen LogP contribution is -2.12. The lowest BCUT2D eigenvalue weighted by atomic mass is 10.1. The molecule has 140 valence electrons. The Morgan fingerprint density at radius 3 is 2.85 bits per heavy atom. The Labute approximate surface area is 162 Å². The van der Waals surface area contributed by atoms with Crippen molar-refractivity contribution in [2.45, 2.75) is 6.61 Å². The highest BCUT2D eigenvalue weighted by atomic mass is 35.5. The van der Waals surface area contributed by atoms with E-state index in [2.05, 4.69) is 9.98 Å². The predicted molar refractivity (Wildman–Crippen MR) is 102 cm³/mol. The Morgan fingerprint density at radius 1 is 1.33 bits per heavy atom. The molecule has 0 unspecified atom stereocenters. The Balaban J connectivity index is 1.82. The molecular formula is C18H14ClF2N3O2S. The minimum Gasteiger partial charge on any atom is -0.483 e. The average molecular weight is 410 g/mol. The summed E-state index contributed by atoms with van der Waals surface area (Å²) < 4.78 is 34.8. The van der Waals surface area contributed by atoms with Crippen molar-refractivity contribution in [2.24, 2.45) is 4.99 Å². The van der Waals surface area contributed by atoms with Crippen molar-refractivity contribution in [3.8, 4) is 5.75 Å². The van der Waals surface area contributed by atoms with Crippen LogP contribution in [0.2, 0.25) is 5.02 Å². The van der Waals surface area contributed by atoms with Crippen LogP contribution in [0.3, 0.4) is 0 Å². The van der Waals surface area contributed by atoms with E-state index in [-0.39, 0.29) is 12.4 Å². The number of aromatic nitrogens is 1. The molecule has 0 bridgehead atoms. The largest absolute Gasteiger partial charge is 0.483 e. The second kappa shape index (κ2) is 7.98. The number of fused-ring (bicyclic) bond motifs is 1. The van der Waals surface area contributed by atoms with Crippen LogP contribution in [-0.2, 0) is 6.61 Å². The summed E-state index contributed by atoms with van der Waals surface area (Å²) in [6.07, 6.45) is 1.17. The van der Waals surface area contributed by atoms with Crippen molar-refractivity contribution >= 4 is 45.4 Å². The van der Waals surface area contributed by atoms with Gasteiger partial charge in [0.15, 0.2) is 11.6 Å². The first-order chi connectivity index (χ1) is 12.8. The third-order valence-electron chi connectivity index (χ3n) is 3.42. The molecule has 3 rings (SSSR count). The number of thiazole rings is 1. The zero-order valence-electron chi connectivity index (χ0n) is 14.4. The smallest absolute Gasteiger partial charge is 0.284 e. The number of hydrogen-bond donors (Lipinski definition) is 0. The number of nitrogens with zero attached hydrogens (tertiary/aromatic N) is 3. The van der Waals surface area contributed by atoms with Crippen molar-refractivity contribution in [3.63, 3.8) is 0 Å². The number of aliphatic imine (C=N–C) groups is 1. The third-order valence-corrected chi connectivity index (χ3v) is 4.67. The van der Waals surface area contributed by atoms with Crippen LogP contribution in [0.5, 0.6) is 5.75 Å². The second-order valence-corrected chi connectivity index (χ2v) is 7.31. The Bertz CT molecular complexity index is 1040. The van der Waals surface area contributed by atoms with E-state index in [1.165, 1.54) is 22.6 Å². The van der Waals surface area contributed by atoms with Crippen LogP contribution in [0.15, 0.2) is 35.3 Å². The van der Waals surface area contributed by atoms with Gasteiger partial charge in [0.25, 0.3) is 5.91 Å². The molecule has 0 saturated heterocycles. The maximum Gasteiger partial charge on any atom is 0.284 e. The fourth-order valence-corrected chi connectivity index (χ4v) is 3.25. The number of carbonyl (C=O) groups is 1. The van der Waals surface area contributed by atoms with Crippen LogP contribution >= 0.6 is 22.9 Å². The van der Waals surface area contributed by atoms with Crippen LogP contribution in [0.4, 0.5) is 8.78 Å². The minimum absolute atomic E-state index is 0.0336. The van der Waals surface area contributed by atoms with Crippen molar-refractivity contribution in [3.05, 3.63) is 57.6 Å². The van der Waals surface area contributed by atoms with Gasteiger partial charge in [0.05, 0.1) is 16.6 Å². The van der Waals surface area contributed by atoms with Crippen LogP contribution < -0.4 is 4.74 Å². The van der Waals surface area contributed by atoms with Gasteiger partial charge < -0.3 is 9.64 Å². The second-order valence-electron chi connectivity index (χ2n) is 5.76. The normalized spacial score (nSPS) is 11.3. The molecule has 1 heterocycles. The summed E-state index contributed by atoms with van der Waals surface area (Å²) in [5.41, 5.74) is -0.0544. The van der Waals surface area contributed by atoms with Gasteiger partial charge in [0, 0.05) is 19.1 Å². The molecule has 0 aliphatic carbocycles. The number of halogens is 3. The van der Waals surface area contributed by atoms with Crippen molar-refractivity contribution in [1.82, 2.24) is 9.88 Å². The SMILES string of the molecule is CN(C)C=NC(=O)c1c(F)ccc(OCc2nc3cc(Cl)ccc3s2)c1F. The summed E-state index contributed by atoms with van der Waals surface area (Å²) in [6, 6.07) is 7.39. The van der Waals surface area contributed by atoms with E-state index in [1.54, 1.807) is 26.2 Å². The highest BCUT2D eigenvalue weighted by Gasteiger charge is 2.21. The van der Waals surface area contributed by atoms with E-state index >= 15 is 0 Å². The Hall–Kier alpha value is -2.58. The summed E-state index contributed by atoms with van der Waals surface area (Å²) in [5.74, 6) is -3.38. The molecule has 0 aliphatic heterocycles. The van der Waals surface area contributed by atoms with Gasteiger partial charge in [-0.2, -0.15) is 4.99 Å². The molecule has 0 spiro atoms. The number of ether oxygens (including phenoxy) is 1. The quantitative estimate of drug-likeness (QED) is 0.458. The lowest BCUT2D eigenvalue weighted by molar-refractivity contribution is 0.0993. The fourth-order valence-electron chi connectivity index (χ4n) is 2.22. The van der Waals surface area contributed by atoms with Gasteiger partial charge in [0.1, 0.15) is 23.0 Å². The van der Waals surface area contributed by atoms with Gasteiger partial charge in [-0.3, -0.25) is 4.79 Å². The van der Waals surface area contributed by atoms with Crippen molar-refractivity contribution < 1.29 is 18.3 Å². The summed E-state index contributed by atoms with van der Waals surface area (Å²) in [6.45, 7) is -0.0336. The third kappa shape index (κ3) is 4.40. The molecule has 0 aliphatic rings. The van der Waals surface area contributed by atoms with Crippen LogP contribution in [-0.4, -0.2) is 36.2 Å². The number of rotatable bonds is 5. The highest BCUT2D eigenvalue weighted by Crippen LogP contribution is 2.28. The Morgan fingerprint density at radius 2 is 2.11 bits per heavy atom. The molecule has 0 fully saturated rings. The predicted octanol–water partition coefficient (Wildman–Crippen LogP) is 4.54. The maximum atomic E-state index is 14.6. The first kappa shape index (κ1) is 19.2. The summed E-state index contributed by atoms with van der Waals surface area (Å²) >= 11 is 7.30. The number of hydrogen-bond acceptors (Lipinski definition) is 4. The summed E-state index contributed by atoms with van der Waals surface area (Å²) in [4.78, 5) is 21.3. The zero-order valence-corrected chi connectivity index (χ0v) is 15.9. The standard InChI is InChI=1S/C18H14ClF2N3O2S/c1-24(2)9-22-18(25)16-11(20)4-5-13(17(16)21)26-8-15-23-12-7-10(19)3-6-14(12)27-15/h3-7,9H,8H2,1-2H3. The first-order valence-corrected chi connectivity index (χ1v) is 8.95. The molecule has 1 aromatic heterocycles. The van der Waals surface area contributed by atoms with Crippen LogP contribution in [0.25, 0.3) is 10.2 Å². The maximum absolute atomic E-state index is 14.6.